The number of rotatable bonds is 5. The lowest BCUT2D eigenvalue weighted by Crippen LogP contribution is -2.56. The van der Waals surface area contributed by atoms with Gasteiger partial charge in [0.1, 0.15) is 0 Å². The molecule has 1 aliphatic heterocycles. The predicted octanol–water partition coefficient (Wildman–Crippen LogP) is 2.77. The molecule has 1 saturated heterocycles. The Morgan fingerprint density at radius 1 is 1.40 bits per heavy atom. The summed E-state index contributed by atoms with van der Waals surface area (Å²) in [6, 6.07) is 4.92. The van der Waals surface area contributed by atoms with E-state index in [1.165, 1.54) is 30.7 Å². The van der Waals surface area contributed by atoms with Crippen molar-refractivity contribution in [2.24, 2.45) is 5.73 Å². The summed E-state index contributed by atoms with van der Waals surface area (Å²) in [5.74, 6) is 0. The monoisotopic (exact) mass is 295 g/mol. The fourth-order valence-corrected chi connectivity index (χ4v) is 4.09. The van der Waals surface area contributed by atoms with Crippen molar-refractivity contribution in [2.75, 3.05) is 26.7 Å². The lowest BCUT2D eigenvalue weighted by molar-refractivity contribution is 0.0414. The Balaban J connectivity index is 2.19. The highest BCUT2D eigenvalue weighted by atomic mass is 32.1. The summed E-state index contributed by atoms with van der Waals surface area (Å²) in [5, 5.41) is 2.17. The zero-order valence-electron chi connectivity index (χ0n) is 13.1. The highest BCUT2D eigenvalue weighted by molar-refractivity contribution is 7.09. The van der Waals surface area contributed by atoms with E-state index in [1.807, 2.05) is 11.3 Å². The van der Waals surface area contributed by atoms with Crippen molar-refractivity contribution in [1.29, 1.82) is 0 Å². The van der Waals surface area contributed by atoms with Gasteiger partial charge in [0.15, 0.2) is 0 Å². The Morgan fingerprint density at radius 3 is 2.80 bits per heavy atom. The fraction of sp³-hybridized carbons (Fsp3) is 0.750. The summed E-state index contributed by atoms with van der Waals surface area (Å²) >= 11 is 1.85. The van der Waals surface area contributed by atoms with Crippen LogP contribution < -0.4 is 5.73 Å². The Bertz CT molecular complexity index is 390. The number of hydrogen-bond donors (Lipinski definition) is 1. The minimum atomic E-state index is 0.170. The van der Waals surface area contributed by atoms with Crippen LogP contribution in [0, 0.1) is 0 Å². The van der Waals surface area contributed by atoms with Gasteiger partial charge >= 0.3 is 0 Å². The summed E-state index contributed by atoms with van der Waals surface area (Å²) in [4.78, 5) is 6.54. The van der Waals surface area contributed by atoms with E-state index in [-0.39, 0.29) is 5.54 Å². The van der Waals surface area contributed by atoms with Gasteiger partial charge in [0.05, 0.1) is 0 Å². The van der Waals surface area contributed by atoms with Crippen LogP contribution in [0.4, 0.5) is 0 Å². The number of hydrogen-bond acceptors (Lipinski definition) is 4. The van der Waals surface area contributed by atoms with E-state index in [4.69, 9.17) is 5.73 Å². The van der Waals surface area contributed by atoms with Gasteiger partial charge in [-0.1, -0.05) is 6.07 Å². The standard InChI is InChI=1S/C16H29N3S/c1-14(2)19(12-15-6-4-11-20-15)16(13-17)7-5-9-18(3)10-8-16/h4,6,11,14H,5,7-10,12-13,17H2,1-3H3. The quantitative estimate of drug-likeness (QED) is 0.906. The van der Waals surface area contributed by atoms with Gasteiger partial charge in [-0.3, -0.25) is 4.90 Å². The molecule has 1 aliphatic rings. The summed E-state index contributed by atoms with van der Waals surface area (Å²) in [6.07, 6.45) is 3.66. The van der Waals surface area contributed by atoms with Crippen LogP contribution in [-0.4, -0.2) is 48.1 Å². The average molecular weight is 295 g/mol. The van der Waals surface area contributed by atoms with Crippen molar-refractivity contribution in [3.05, 3.63) is 22.4 Å². The molecule has 20 heavy (non-hydrogen) atoms. The van der Waals surface area contributed by atoms with E-state index in [1.54, 1.807) is 0 Å². The average Bonchev–Trinajstić information content (AvgIpc) is 2.86. The lowest BCUT2D eigenvalue weighted by Gasteiger charge is -2.45. The van der Waals surface area contributed by atoms with Gasteiger partial charge in [-0.15, -0.1) is 11.3 Å². The van der Waals surface area contributed by atoms with Crippen molar-refractivity contribution < 1.29 is 0 Å². The molecule has 2 N–H and O–H groups in total. The summed E-state index contributed by atoms with van der Waals surface area (Å²) < 4.78 is 0. The molecule has 114 valence electrons. The molecule has 0 bridgehead atoms. The van der Waals surface area contributed by atoms with Crippen molar-refractivity contribution in [2.45, 2.75) is 51.2 Å². The maximum Gasteiger partial charge on any atom is 0.0350 e. The van der Waals surface area contributed by atoms with E-state index in [0.717, 1.165) is 19.6 Å². The molecule has 1 aromatic rings. The second-order valence-corrected chi connectivity index (χ2v) is 7.42. The van der Waals surface area contributed by atoms with E-state index < -0.39 is 0 Å². The van der Waals surface area contributed by atoms with Crippen LogP contribution in [0.5, 0.6) is 0 Å². The smallest absolute Gasteiger partial charge is 0.0350 e. The molecule has 0 radical (unpaired) electrons. The van der Waals surface area contributed by atoms with Gasteiger partial charge in [0.2, 0.25) is 0 Å². The predicted molar refractivity (Wildman–Crippen MR) is 88.1 cm³/mol. The number of thiophene rings is 1. The van der Waals surface area contributed by atoms with Crippen LogP contribution in [-0.2, 0) is 6.54 Å². The van der Waals surface area contributed by atoms with E-state index in [9.17, 15) is 0 Å². The fourth-order valence-electron chi connectivity index (χ4n) is 3.39. The van der Waals surface area contributed by atoms with Crippen molar-refractivity contribution >= 4 is 11.3 Å². The number of nitrogens with two attached hydrogens (primary N) is 1. The summed E-state index contributed by atoms with van der Waals surface area (Å²) in [7, 11) is 2.23. The number of likely N-dealkylation sites (tertiary alicyclic amines) is 1. The van der Waals surface area contributed by atoms with Crippen LogP contribution in [0.1, 0.15) is 38.0 Å². The van der Waals surface area contributed by atoms with Gasteiger partial charge < -0.3 is 10.6 Å². The molecule has 0 spiro atoms. The maximum absolute atomic E-state index is 6.26. The maximum atomic E-state index is 6.26. The molecule has 1 fully saturated rings. The molecule has 4 heteroatoms. The molecule has 1 unspecified atom stereocenters. The molecular weight excluding hydrogens is 266 g/mol. The zero-order valence-corrected chi connectivity index (χ0v) is 14.0. The third-order valence-corrected chi connectivity index (χ3v) is 5.52. The summed E-state index contributed by atoms with van der Waals surface area (Å²) in [6.45, 7) is 8.78. The third-order valence-electron chi connectivity index (χ3n) is 4.66. The van der Waals surface area contributed by atoms with Gasteiger partial charge in [0, 0.05) is 29.5 Å². The van der Waals surface area contributed by atoms with Crippen LogP contribution in [0.3, 0.4) is 0 Å². The minimum Gasteiger partial charge on any atom is -0.329 e. The van der Waals surface area contributed by atoms with Crippen LogP contribution in [0.2, 0.25) is 0 Å². The number of nitrogens with zero attached hydrogens (tertiary/aromatic N) is 2. The van der Waals surface area contributed by atoms with Crippen molar-refractivity contribution in [3.63, 3.8) is 0 Å². The molecule has 1 atom stereocenters. The Kier molecular flexibility index (Phi) is 5.61. The first-order chi connectivity index (χ1) is 9.57. The van der Waals surface area contributed by atoms with Crippen LogP contribution in [0.15, 0.2) is 17.5 Å². The largest absolute Gasteiger partial charge is 0.329 e. The molecule has 0 aromatic carbocycles. The highest BCUT2D eigenvalue weighted by Crippen LogP contribution is 2.32. The first-order valence-corrected chi connectivity index (χ1v) is 8.63. The second-order valence-electron chi connectivity index (χ2n) is 6.39. The van der Waals surface area contributed by atoms with E-state index in [2.05, 4.69) is 48.2 Å². The minimum absolute atomic E-state index is 0.170. The van der Waals surface area contributed by atoms with Crippen LogP contribution in [0.25, 0.3) is 0 Å². The normalized spacial score (nSPS) is 25.3. The zero-order chi connectivity index (χ0) is 14.6. The third kappa shape index (κ3) is 3.61. The molecule has 0 amide bonds. The Morgan fingerprint density at radius 2 is 2.20 bits per heavy atom. The SMILES string of the molecule is CC(C)N(Cc1cccs1)C1(CN)CCCN(C)CC1. The second kappa shape index (κ2) is 7.03. The molecule has 0 aliphatic carbocycles. The van der Waals surface area contributed by atoms with Gasteiger partial charge in [0.25, 0.3) is 0 Å². The molecular formula is C16H29N3S. The van der Waals surface area contributed by atoms with Crippen molar-refractivity contribution in [3.8, 4) is 0 Å². The van der Waals surface area contributed by atoms with Gasteiger partial charge in [-0.05, 0) is 64.7 Å². The first-order valence-electron chi connectivity index (χ1n) is 7.75. The molecule has 0 saturated carbocycles. The van der Waals surface area contributed by atoms with Gasteiger partial charge in [-0.25, -0.2) is 0 Å². The topological polar surface area (TPSA) is 32.5 Å². The summed E-state index contributed by atoms with van der Waals surface area (Å²) in [5.41, 5.74) is 6.43. The molecule has 3 nitrogen and oxygen atoms in total. The highest BCUT2D eigenvalue weighted by Gasteiger charge is 2.38. The first kappa shape index (κ1) is 16.0. The van der Waals surface area contributed by atoms with E-state index >= 15 is 0 Å². The van der Waals surface area contributed by atoms with E-state index in [0.29, 0.717) is 6.04 Å². The Labute approximate surface area is 127 Å². The molecule has 2 rings (SSSR count). The Hall–Kier alpha value is -0.420. The lowest BCUT2D eigenvalue weighted by atomic mass is 9.87. The van der Waals surface area contributed by atoms with Crippen LogP contribution >= 0.6 is 11.3 Å². The van der Waals surface area contributed by atoms with Gasteiger partial charge in [-0.2, -0.15) is 0 Å². The molecule has 2 heterocycles. The molecule has 1 aromatic heterocycles. The van der Waals surface area contributed by atoms with Crippen molar-refractivity contribution in [1.82, 2.24) is 9.80 Å².